The molecule has 0 saturated carbocycles. The summed E-state index contributed by atoms with van der Waals surface area (Å²) in [6.45, 7) is 15.5. The number of carbonyl (C=O) groups is 3. The third kappa shape index (κ3) is 19.2. The molecule has 66 heavy (non-hydrogen) atoms. The molecule has 6 heteroatoms. The van der Waals surface area contributed by atoms with Crippen LogP contribution in [0.5, 0.6) is 0 Å². The molecule has 6 aromatic carbocycles. The SMILES string of the molecule is C.C.C.C.C.C.CCC(C)(C)C(=O)OC(c1ccccc1)c1ccccc1.CCC(C)C(=O)OC(C)c1ccc2ccccc2c1.CCC(C)C(=O)OC(c1ccccc1)c1ccccc1. The van der Waals surface area contributed by atoms with Crippen LogP contribution in [0.4, 0.5) is 0 Å². The zero-order valence-electron chi connectivity index (χ0n) is 36.5. The van der Waals surface area contributed by atoms with Crippen molar-refractivity contribution in [2.24, 2.45) is 17.3 Å². The number of ether oxygens (including phenoxy) is 3. The summed E-state index contributed by atoms with van der Waals surface area (Å²) in [4.78, 5) is 36.3. The maximum Gasteiger partial charge on any atom is 0.312 e. The summed E-state index contributed by atoms with van der Waals surface area (Å²) in [6, 6.07) is 53.8. The molecular weight excluding hydrogens is 817 g/mol. The molecule has 0 bridgehead atoms. The summed E-state index contributed by atoms with van der Waals surface area (Å²) in [7, 11) is 0. The monoisotopic (exact) mass is 903 g/mol. The molecule has 0 N–H and O–H groups in total. The van der Waals surface area contributed by atoms with Crippen molar-refractivity contribution >= 4 is 28.7 Å². The average molecular weight is 903 g/mol. The Morgan fingerprint density at radius 3 is 1.12 bits per heavy atom. The van der Waals surface area contributed by atoms with Crippen molar-refractivity contribution in [1.82, 2.24) is 0 Å². The van der Waals surface area contributed by atoms with Crippen molar-refractivity contribution < 1.29 is 28.6 Å². The lowest BCUT2D eigenvalue weighted by molar-refractivity contribution is -0.158. The second kappa shape index (κ2) is 32.6. The fourth-order valence-electron chi connectivity index (χ4n) is 5.96. The molecule has 0 heterocycles. The Hall–Kier alpha value is -6.01. The highest BCUT2D eigenvalue weighted by Crippen LogP contribution is 2.31. The summed E-state index contributed by atoms with van der Waals surface area (Å²) in [6.07, 6.45) is 1.45. The number of hydrogen-bond acceptors (Lipinski definition) is 6. The molecule has 0 aliphatic heterocycles. The van der Waals surface area contributed by atoms with E-state index in [0.717, 1.165) is 47.1 Å². The van der Waals surface area contributed by atoms with Crippen LogP contribution in [-0.2, 0) is 28.6 Å². The van der Waals surface area contributed by atoms with E-state index in [9.17, 15) is 14.4 Å². The van der Waals surface area contributed by atoms with E-state index in [1.807, 2.05) is 195 Å². The molecule has 0 aromatic heterocycles. The molecule has 0 aliphatic rings. The molecule has 0 amide bonds. The number of carbonyl (C=O) groups excluding carboxylic acids is 3. The predicted molar refractivity (Wildman–Crippen MR) is 283 cm³/mol. The minimum absolute atomic E-state index is 0. The van der Waals surface area contributed by atoms with E-state index >= 15 is 0 Å². The first-order valence-electron chi connectivity index (χ1n) is 21.2. The van der Waals surface area contributed by atoms with Gasteiger partial charge in [-0.05, 0) is 84.7 Å². The first-order valence-corrected chi connectivity index (χ1v) is 21.2. The Kier molecular flexibility index (Phi) is 31.8. The van der Waals surface area contributed by atoms with Crippen LogP contribution in [0.1, 0.15) is 165 Å². The summed E-state index contributed by atoms with van der Waals surface area (Å²) < 4.78 is 17.1. The average Bonchev–Trinajstić information content (AvgIpc) is 3.30. The second-order valence-electron chi connectivity index (χ2n) is 15.8. The highest BCUT2D eigenvalue weighted by Gasteiger charge is 2.30. The molecule has 0 fully saturated rings. The molecular formula is C60H86O6. The Morgan fingerprint density at radius 1 is 0.424 bits per heavy atom. The quantitative estimate of drug-likeness (QED) is 0.0800. The largest absolute Gasteiger partial charge is 0.458 e. The summed E-state index contributed by atoms with van der Waals surface area (Å²) >= 11 is 0. The Labute approximate surface area is 402 Å². The van der Waals surface area contributed by atoms with Crippen LogP contribution in [0.2, 0.25) is 0 Å². The third-order valence-corrected chi connectivity index (χ3v) is 10.9. The van der Waals surface area contributed by atoms with E-state index in [-0.39, 0.29) is 92.6 Å². The van der Waals surface area contributed by atoms with Crippen molar-refractivity contribution in [3.8, 4) is 0 Å². The molecule has 362 valence electrons. The lowest BCUT2D eigenvalue weighted by Gasteiger charge is -2.26. The van der Waals surface area contributed by atoms with E-state index in [2.05, 4.69) is 24.3 Å². The van der Waals surface area contributed by atoms with Gasteiger partial charge < -0.3 is 14.2 Å². The summed E-state index contributed by atoms with van der Waals surface area (Å²) in [5, 5.41) is 2.37. The van der Waals surface area contributed by atoms with Crippen LogP contribution >= 0.6 is 0 Å². The van der Waals surface area contributed by atoms with Crippen molar-refractivity contribution in [2.45, 2.75) is 138 Å². The van der Waals surface area contributed by atoms with Crippen LogP contribution < -0.4 is 0 Å². The van der Waals surface area contributed by atoms with Crippen LogP contribution in [0, 0.1) is 17.3 Å². The molecule has 0 radical (unpaired) electrons. The zero-order chi connectivity index (χ0) is 43.5. The Bertz CT molecular complexity index is 2110. The van der Waals surface area contributed by atoms with Gasteiger partial charge >= 0.3 is 17.9 Å². The topological polar surface area (TPSA) is 78.9 Å². The fraction of sp³-hybridized carbons (Fsp3) is 0.383. The van der Waals surface area contributed by atoms with Crippen molar-refractivity contribution in [1.29, 1.82) is 0 Å². The van der Waals surface area contributed by atoms with E-state index < -0.39 is 5.41 Å². The van der Waals surface area contributed by atoms with Gasteiger partial charge in [-0.2, -0.15) is 0 Å². The minimum Gasteiger partial charge on any atom is -0.458 e. The van der Waals surface area contributed by atoms with Gasteiger partial charge in [0.25, 0.3) is 0 Å². The molecule has 6 nitrogen and oxygen atoms in total. The zero-order valence-corrected chi connectivity index (χ0v) is 36.5. The number of hydrogen-bond donors (Lipinski definition) is 0. The Balaban J connectivity index is -0.000000864. The fourth-order valence-corrected chi connectivity index (χ4v) is 5.96. The number of rotatable bonds is 14. The standard InChI is InChI=1S/C19H22O2.C18H20O2.C17H20O2.6CH4/c1-4-19(2,3)18(20)21-17(15-11-7-5-8-12-15)16-13-9-6-10-14-16;1-3-14(2)18(19)20-17(15-10-6-4-7-11-15)16-12-8-5-9-13-16;1-4-12(2)17(18)19-13(3)15-10-9-14-7-5-6-8-16(14)11-15;;;;;;/h5-14,17H,4H2,1-3H3;4-14,17H,3H2,1-2H3;5-13H,4H2,1-3H3;6*1H4. The maximum atomic E-state index is 12.4. The molecule has 3 atom stereocenters. The van der Waals surface area contributed by atoms with Gasteiger partial charge in [0, 0.05) is 0 Å². The normalized spacial score (nSPS) is 11.4. The number of benzene rings is 6. The van der Waals surface area contributed by atoms with Crippen LogP contribution in [0.15, 0.2) is 164 Å². The first-order chi connectivity index (χ1) is 28.9. The molecule has 0 saturated heterocycles. The van der Waals surface area contributed by atoms with Crippen molar-refractivity contribution in [2.75, 3.05) is 0 Å². The lowest BCUT2D eigenvalue weighted by atomic mass is 9.90. The molecule has 6 rings (SSSR count). The van der Waals surface area contributed by atoms with Gasteiger partial charge in [-0.15, -0.1) is 0 Å². The maximum absolute atomic E-state index is 12.4. The molecule has 0 spiro atoms. The smallest absolute Gasteiger partial charge is 0.312 e. The molecule has 6 aromatic rings. The van der Waals surface area contributed by atoms with Gasteiger partial charge in [0.15, 0.2) is 12.2 Å². The number of fused-ring (bicyclic) bond motifs is 1. The van der Waals surface area contributed by atoms with E-state index in [0.29, 0.717) is 0 Å². The van der Waals surface area contributed by atoms with Crippen molar-refractivity contribution in [3.63, 3.8) is 0 Å². The van der Waals surface area contributed by atoms with E-state index in [4.69, 9.17) is 14.2 Å². The highest BCUT2D eigenvalue weighted by atomic mass is 16.6. The van der Waals surface area contributed by atoms with Gasteiger partial charge in [-0.1, -0.05) is 237 Å². The van der Waals surface area contributed by atoms with E-state index in [1.165, 1.54) is 10.8 Å². The van der Waals surface area contributed by atoms with Crippen LogP contribution in [0.25, 0.3) is 10.8 Å². The summed E-state index contributed by atoms with van der Waals surface area (Å²) in [5.74, 6) is -0.552. The van der Waals surface area contributed by atoms with Crippen molar-refractivity contribution in [3.05, 3.63) is 192 Å². The van der Waals surface area contributed by atoms with E-state index in [1.54, 1.807) is 0 Å². The lowest BCUT2D eigenvalue weighted by Crippen LogP contribution is -2.27. The third-order valence-electron chi connectivity index (χ3n) is 10.9. The van der Waals surface area contributed by atoms with Crippen LogP contribution in [0.3, 0.4) is 0 Å². The summed E-state index contributed by atoms with van der Waals surface area (Å²) in [5.41, 5.74) is 4.54. The van der Waals surface area contributed by atoms with Gasteiger partial charge in [0.2, 0.25) is 0 Å². The first kappa shape index (κ1) is 64.3. The van der Waals surface area contributed by atoms with Gasteiger partial charge in [0.05, 0.1) is 17.3 Å². The second-order valence-corrected chi connectivity index (χ2v) is 15.8. The predicted octanol–water partition coefficient (Wildman–Crippen LogP) is 17.4. The molecule has 0 aliphatic carbocycles. The number of esters is 3. The highest BCUT2D eigenvalue weighted by molar-refractivity contribution is 5.83. The van der Waals surface area contributed by atoms with Gasteiger partial charge in [-0.25, -0.2) is 0 Å². The van der Waals surface area contributed by atoms with Crippen LogP contribution in [-0.4, -0.2) is 17.9 Å². The molecule has 3 unspecified atom stereocenters. The van der Waals surface area contributed by atoms with Gasteiger partial charge in [0.1, 0.15) is 6.10 Å². The van der Waals surface area contributed by atoms with Gasteiger partial charge in [-0.3, -0.25) is 14.4 Å². The minimum atomic E-state index is -0.470. The Morgan fingerprint density at radius 2 is 0.758 bits per heavy atom.